The second-order valence-corrected chi connectivity index (χ2v) is 3.69. The van der Waals surface area contributed by atoms with Gasteiger partial charge in [-0.1, -0.05) is 52.9 Å². The third-order valence-electron chi connectivity index (χ3n) is 1.72. The summed E-state index contributed by atoms with van der Waals surface area (Å²) in [5.74, 6) is 0.970. The number of alkyl halides is 1. The van der Waals surface area contributed by atoms with Crippen LogP contribution in [-0.2, 0) is 4.74 Å². The van der Waals surface area contributed by atoms with Gasteiger partial charge < -0.3 is 4.74 Å². The highest BCUT2D eigenvalue weighted by Crippen LogP contribution is 2.15. The summed E-state index contributed by atoms with van der Waals surface area (Å²) >= 11 is 2.36. The van der Waals surface area contributed by atoms with Crippen LogP contribution in [0.4, 0.5) is 0 Å². The van der Waals surface area contributed by atoms with Crippen molar-refractivity contribution in [2.45, 2.75) is 6.42 Å². The highest BCUT2D eigenvalue weighted by Gasteiger charge is 1.97. The summed E-state index contributed by atoms with van der Waals surface area (Å²) in [6, 6.07) is 10.2. The van der Waals surface area contributed by atoms with Crippen molar-refractivity contribution >= 4 is 28.4 Å². The molecule has 2 heteroatoms. The molecule has 1 rings (SSSR count). The van der Waals surface area contributed by atoms with Crippen molar-refractivity contribution in [1.29, 1.82) is 0 Å². The molecule has 13 heavy (non-hydrogen) atoms. The lowest BCUT2D eigenvalue weighted by atomic mass is 10.2. The molecule has 0 atom stereocenters. The van der Waals surface area contributed by atoms with E-state index in [1.165, 1.54) is 0 Å². The van der Waals surface area contributed by atoms with E-state index in [2.05, 4.69) is 40.8 Å². The van der Waals surface area contributed by atoms with Crippen molar-refractivity contribution in [2.24, 2.45) is 0 Å². The summed E-state index contributed by atoms with van der Waals surface area (Å²) in [5, 5.41) is 0. The van der Waals surface area contributed by atoms with Crippen LogP contribution in [0.5, 0.6) is 0 Å². The predicted octanol–water partition coefficient (Wildman–Crippen LogP) is 3.50. The van der Waals surface area contributed by atoms with E-state index >= 15 is 0 Å². The van der Waals surface area contributed by atoms with Gasteiger partial charge in [-0.15, -0.1) is 0 Å². The smallest absolute Gasteiger partial charge is 0.122 e. The molecule has 1 aromatic rings. The molecule has 1 aromatic carbocycles. The van der Waals surface area contributed by atoms with Gasteiger partial charge in [-0.3, -0.25) is 0 Å². The molecule has 0 aliphatic rings. The van der Waals surface area contributed by atoms with E-state index in [4.69, 9.17) is 4.74 Å². The van der Waals surface area contributed by atoms with Gasteiger partial charge >= 0.3 is 0 Å². The number of hydrogen-bond donors (Lipinski definition) is 0. The number of hydrogen-bond acceptors (Lipinski definition) is 1. The minimum atomic E-state index is 0.970. The molecule has 0 bridgehead atoms. The average Bonchev–Trinajstić information content (AvgIpc) is 2.21. The molecule has 0 saturated heterocycles. The fourth-order valence-electron chi connectivity index (χ4n) is 1.11. The van der Waals surface area contributed by atoms with E-state index in [-0.39, 0.29) is 0 Å². The van der Waals surface area contributed by atoms with Crippen molar-refractivity contribution in [3.05, 3.63) is 42.0 Å². The van der Waals surface area contributed by atoms with Crippen molar-refractivity contribution in [3.63, 3.8) is 0 Å². The molecule has 1 nitrogen and oxygen atoms in total. The van der Waals surface area contributed by atoms with Crippen molar-refractivity contribution < 1.29 is 4.74 Å². The Hall–Kier alpha value is -0.510. The zero-order valence-electron chi connectivity index (χ0n) is 7.66. The second kappa shape index (κ2) is 6.02. The van der Waals surface area contributed by atoms with Crippen LogP contribution in [-0.4, -0.2) is 11.5 Å². The summed E-state index contributed by atoms with van der Waals surface area (Å²) in [5.41, 5.74) is 1.15. The van der Waals surface area contributed by atoms with Gasteiger partial charge in [-0.2, -0.15) is 0 Å². The normalized spacial score (nSPS) is 11.4. The first-order valence-corrected chi connectivity index (χ1v) is 5.76. The van der Waals surface area contributed by atoms with E-state index < -0.39 is 0 Å². The standard InChI is InChI=1S/C11H13IO/c1-13-11(8-5-9-12)10-6-3-2-4-7-10/h2-4,6-8H,5,9H2,1H3/b11-8-. The van der Waals surface area contributed by atoms with E-state index in [0.29, 0.717) is 0 Å². The Kier molecular flexibility index (Phi) is 4.90. The van der Waals surface area contributed by atoms with Gasteiger partial charge in [-0.25, -0.2) is 0 Å². The molecule has 0 saturated carbocycles. The molecule has 0 aliphatic heterocycles. The topological polar surface area (TPSA) is 9.23 Å². The summed E-state index contributed by atoms with van der Waals surface area (Å²) in [6.07, 6.45) is 3.18. The van der Waals surface area contributed by atoms with Gasteiger partial charge in [0.2, 0.25) is 0 Å². The highest BCUT2D eigenvalue weighted by molar-refractivity contribution is 14.1. The number of rotatable bonds is 4. The van der Waals surface area contributed by atoms with E-state index in [1.807, 2.05) is 18.2 Å². The maximum atomic E-state index is 5.30. The van der Waals surface area contributed by atoms with Gasteiger partial charge in [0.15, 0.2) is 0 Å². The summed E-state index contributed by atoms with van der Waals surface area (Å²) in [7, 11) is 1.71. The monoisotopic (exact) mass is 288 g/mol. The van der Waals surface area contributed by atoms with Crippen molar-refractivity contribution in [2.75, 3.05) is 11.5 Å². The number of ether oxygens (including phenoxy) is 1. The maximum absolute atomic E-state index is 5.30. The van der Waals surface area contributed by atoms with E-state index in [9.17, 15) is 0 Å². The number of methoxy groups -OCH3 is 1. The second-order valence-electron chi connectivity index (χ2n) is 2.62. The third-order valence-corrected chi connectivity index (χ3v) is 2.34. The first-order valence-electron chi connectivity index (χ1n) is 4.24. The minimum Gasteiger partial charge on any atom is -0.496 e. The Balaban J connectivity index is 2.78. The lowest BCUT2D eigenvalue weighted by Crippen LogP contribution is -1.86. The van der Waals surface area contributed by atoms with Crippen LogP contribution in [0.15, 0.2) is 36.4 Å². The lowest BCUT2D eigenvalue weighted by Gasteiger charge is -2.05. The van der Waals surface area contributed by atoms with Crippen LogP contribution in [0.1, 0.15) is 12.0 Å². The van der Waals surface area contributed by atoms with E-state index in [0.717, 1.165) is 22.2 Å². The molecule has 0 amide bonds. The van der Waals surface area contributed by atoms with Crippen LogP contribution in [0.2, 0.25) is 0 Å². The summed E-state index contributed by atoms with van der Waals surface area (Å²) in [4.78, 5) is 0. The number of allylic oxidation sites excluding steroid dienone is 1. The quantitative estimate of drug-likeness (QED) is 0.468. The van der Waals surface area contributed by atoms with Crippen LogP contribution in [0, 0.1) is 0 Å². The van der Waals surface area contributed by atoms with Gasteiger partial charge in [0.1, 0.15) is 5.76 Å². The Morgan fingerprint density at radius 3 is 2.62 bits per heavy atom. The SMILES string of the molecule is CO/C(=C\CCI)c1ccccc1. The average molecular weight is 288 g/mol. The Labute approximate surface area is 92.9 Å². The Bertz CT molecular complexity index is 267. The first kappa shape index (κ1) is 10.6. The molecule has 0 radical (unpaired) electrons. The molecule has 0 heterocycles. The maximum Gasteiger partial charge on any atom is 0.122 e. The Morgan fingerprint density at radius 1 is 1.38 bits per heavy atom. The van der Waals surface area contributed by atoms with E-state index in [1.54, 1.807) is 7.11 Å². The molecule has 0 N–H and O–H groups in total. The fourth-order valence-corrected chi connectivity index (χ4v) is 1.42. The molecular formula is C11H13IO. The lowest BCUT2D eigenvalue weighted by molar-refractivity contribution is 0.369. The van der Waals surface area contributed by atoms with Crippen molar-refractivity contribution in [3.8, 4) is 0 Å². The highest BCUT2D eigenvalue weighted by atomic mass is 127. The zero-order valence-corrected chi connectivity index (χ0v) is 9.82. The number of benzene rings is 1. The summed E-state index contributed by atoms with van der Waals surface area (Å²) in [6.45, 7) is 0. The molecule has 0 unspecified atom stereocenters. The number of halogens is 1. The van der Waals surface area contributed by atoms with Gasteiger partial charge in [0.25, 0.3) is 0 Å². The molecule has 0 fully saturated rings. The van der Waals surface area contributed by atoms with Crippen LogP contribution in [0.3, 0.4) is 0 Å². The first-order chi connectivity index (χ1) is 6.38. The van der Waals surface area contributed by atoms with Crippen molar-refractivity contribution in [1.82, 2.24) is 0 Å². The van der Waals surface area contributed by atoms with Crippen LogP contribution in [0.25, 0.3) is 5.76 Å². The third kappa shape index (κ3) is 3.38. The molecule has 70 valence electrons. The Morgan fingerprint density at radius 2 is 2.08 bits per heavy atom. The zero-order chi connectivity index (χ0) is 9.52. The fraction of sp³-hybridized carbons (Fsp3) is 0.273. The predicted molar refractivity (Wildman–Crippen MR) is 64.9 cm³/mol. The van der Waals surface area contributed by atoms with Crippen LogP contribution >= 0.6 is 22.6 Å². The van der Waals surface area contributed by atoms with Gasteiger partial charge in [-0.05, 0) is 12.5 Å². The van der Waals surface area contributed by atoms with Crippen LogP contribution < -0.4 is 0 Å². The molecular weight excluding hydrogens is 275 g/mol. The van der Waals surface area contributed by atoms with Gasteiger partial charge in [0.05, 0.1) is 7.11 Å². The summed E-state index contributed by atoms with van der Waals surface area (Å²) < 4.78 is 6.42. The molecule has 0 aromatic heterocycles. The van der Waals surface area contributed by atoms with Gasteiger partial charge in [0, 0.05) is 9.99 Å². The molecule has 0 spiro atoms. The largest absolute Gasteiger partial charge is 0.496 e. The molecule has 0 aliphatic carbocycles. The minimum absolute atomic E-state index is 0.970.